The second-order valence-electron chi connectivity index (χ2n) is 7.06. The van der Waals surface area contributed by atoms with E-state index in [1.807, 2.05) is 0 Å². The molecule has 1 N–H and O–H groups in total. The zero-order valence-corrected chi connectivity index (χ0v) is 14.5. The largest absolute Gasteiger partial charge is 0.490 e. The predicted octanol–water partition coefficient (Wildman–Crippen LogP) is 2.67. The van der Waals surface area contributed by atoms with Crippen molar-refractivity contribution >= 4 is 0 Å². The van der Waals surface area contributed by atoms with Crippen LogP contribution < -0.4 is 10.1 Å². The molecule has 2 aliphatic heterocycles. The molecule has 1 aromatic carbocycles. The number of likely N-dealkylation sites (tertiary alicyclic amines) is 1. The zero-order chi connectivity index (χ0) is 16.1. The maximum Gasteiger partial charge on any atom is 0.119 e. The van der Waals surface area contributed by atoms with Gasteiger partial charge in [-0.25, -0.2) is 0 Å². The van der Waals surface area contributed by atoms with Crippen LogP contribution >= 0.6 is 0 Å². The summed E-state index contributed by atoms with van der Waals surface area (Å²) in [5, 5.41) is 3.62. The second-order valence-corrected chi connectivity index (χ2v) is 7.06. The first-order chi connectivity index (χ1) is 11.2. The van der Waals surface area contributed by atoms with Gasteiger partial charge in [-0.2, -0.15) is 0 Å². The Morgan fingerprint density at radius 1 is 1.22 bits per heavy atom. The highest BCUT2D eigenvalue weighted by molar-refractivity contribution is 5.27. The van der Waals surface area contributed by atoms with Crippen molar-refractivity contribution in [2.45, 2.75) is 44.9 Å². The van der Waals surface area contributed by atoms with Gasteiger partial charge in [-0.1, -0.05) is 12.1 Å². The number of hydrogen-bond acceptors (Lipinski definition) is 4. The second kappa shape index (κ2) is 8.13. The van der Waals surface area contributed by atoms with Crippen LogP contribution in [0.3, 0.4) is 0 Å². The molecule has 0 spiro atoms. The minimum absolute atomic E-state index is 0.373. The fraction of sp³-hybridized carbons (Fsp3) is 0.684. The van der Waals surface area contributed by atoms with Crippen LogP contribution in [0.1, 0.15) is 31.7 Å². The molecule has 1 aromatic rings. The van der Waals surface area contributed by atoms with E-state index in [-0.39, 0.29) is 0 Å². The van der Waals surface area contributed by atoms with E-state index in [0.29, 0.717) is 18.1 Å². The van der Waals surface area contributed by atoms with Crippen molar-refractivity contribution < 1.29 is 9.47 Å². The van der Waals surface area contributed by atoms with Gasteiger partial charge < -0.3 is 19.7 Å². The predicted molar refractivity (Wildman–Crippen MR) is 92.8 cm³/mol. The summed E-state index contributed by atoms with van der Waals surface area (Å²) in [5.41, 5.74) is 1.31. The molecule has 3 rings (SSSR count). The van der Waals surface area contributed by atoms with E-state index in [1.54, 1.807) is 0 Å². The van der Waals surface area contributed by atoms with Crippen LogP contribution in [0.15, 0.2) is 24.3 Å². The van der Waals surface area contributed by atoms with Crippen molar-refractivity contribution in [3.05, 3.63) is 29.8 Å². The van der Waals surface area contributed by atoms with Crippen molar-refractivity contribution in [1.82, 2.24) is 10.2 Å². The Hall–Kier alpha value is -1.10. The Morgan fingerprint density at radius 2 is 1.96 bits per heavy atom. The van der Waals surface area contributed by atoms with Gasteiger partial charge in [-0.3, -0.25) is 0 Å². The SMILES string of the molecule is C[C@@H](NCc1ccc(OC2CCN(C)CC2)cc1)[C@@H]1CCOC1. The first kappa shape index (κ1) is 16.7. The summed E-state index contributed by atoms with van der Waals surface area (Å²) in [6, 6.07) is 9.08. The fourth-order valence-electron chi connectivity index (χ4n) is 3.37. The number of nitrogens with one attached hydrogen (secondary N) is 1. The lowest BCUT2D eigenvalue weighted by atomic mass is 10.0. The van der Waals surface area contributed by atoms with E-state index in [1.165, 1.54) is 12.0 Å². The van der Waals surface area contributed by atoms with Crippen LogP contribution in [0.2, 0.25) is 0 Å². The summed E-state index contributed by atoms with van der Waals surface area (Å²) in [5.74, 6) is 1.66. The Morgan fingerprint density at radius 3 is 2.61 bits per heavy atom. The molecule has 4 nitrogen and oxygen atoms in total. The maximum absolute atomic E-state index is 6.10. The van der Waals surface area contributed by atoms with Gasteiger partial charge in [0.15, 0.2) is 0 Å². The standard InChI is InChI=1S/C19H30N2O2/c1-15(17-9-12-22-14-17)20-13-16-3-5-18(6-4-16)23-19-7-10-21(2)11-8-19/h3-6,15,17,19-20H,7-14H2,1-2H3/t15-,17-/m1/s1. The Bertz CT molecular complexity index is 463. The third-order valence-electron chi connectivity index (χ3n) is 5.19. The summed E-state index contributed by atoms with van der Waals surface area (Å²) < 4.78 is 11.6. The Balaban J connectivity index is 1.43. The van der Waals surface area contributed by atoms with Crippen molar-refractivity contribution in [2.75, 3.05) is 33.4 Å². The van der Waals surface area contributed by atoms with E-state index < -0.39 is 0 Å². The molecule has 0 aromatic heterocycles. The fourth-order valence-corrected chi connectivity index (χ4v) is 3.37. The van der Waals surface area contributed by atoms with Crippen molar-refractivity contribution in [3.63, 3.8) is 0 Å². The molecule has 2 heterocycles. The van der Waals surface area contributed by atoms with Gasteiger partial charge in [0.1, 0.15) is 11.9 Å². The number of benzene rings is 1. The van der Waals surface area contributed by atoms with Crippen molar-refractivity contribution in [2.24, 2.45) is 5.92 Å². The topological polar surface area (TPSA) is 33.7 Å². The summed E-state index contributed by atoms with van der Waals surface area (Å²) in [7, 11) is 2.18. The van der Waals surface area contributed by atoms with Gasteiger partial charge in [0, 0.05) is 32.3 Å². The van der Waals surface area contributed by atoms with Crippen molar-refractivity contribution in [3.8, 4) is 5.75 Å². The maximum atomic E-state index is 6.10. The highest BCUT2D eigenvalue weighted by Crippen LogP contribution is 2.20. The smallest absolute Gasteiger partial charge is 0.119 e. The van der Waals surface area contributed by atoms with Crippen LogP contribution in [0, 0.1) is 5.92 Å². The normalized spacial score (nSPS) is 24.7. The zero-order valence-electron chi connectivity index (χ0n) is 14.5. The van der Waals surface area contributed by atoms with Crippen molar-refractivity contribution in [1.29, 1.82) is 0 Å². The van der Waals surface area contributed by atoms with Crippen LogP contribution in [0.25, 0.3) is 0 Å². The summed E-state index contributed by atoms with van der Waals surface area (Å²) >= 11 is 0. The van der Waals surface area contributed by atoms with Gasteiger partial charge in [0.05, 0.1) is 6.61 Å². The molecular weight excluding hydrogens is 288 g/mol. The lowest BCUT2D eigenvalue weighted by molar-refractivity contribution is 0.114. The molecule has 0 radical (unpaired) electrons. The number of rotatable bonds is 6. The molecule has 0 amide bonds. The average Bonchev–Trinajstić information content (AvgIpc) is 3.11. The van der Waals surface area contributed by atoms with Crippen LogP contribution in [-0.2, 0) is 11.3 Å². The average molecular weight is 318 g/mol. The summed E-state index contributed by atoms with van der Waals surface area (Å²) in [4.78, 5) is 2.37. The van der Waals surface area contributed by atoms with E-state index in [4.69, 9.17) is 9.47 Å². The summed E-state index contributed by atoms with van der Waals surface area (Å²) in [6.45, 7) is 7.26. The van der Waals surface area contributed by atoms with E-state index in [2.05, 4.69) is 48.5 Å². The highest BCUT2D eigenvalue weighted by atomic mass is 16.5. The monoisotopic (exact) mass is 318 g/mol. The number of ether oxygens (including phenoxy) is 2. The number of hydrogen-bond donors (Lipinski definition) is 1. The van der Waals surface area contributed by atoms with Gasteiger partial charge in [0.25, 0.3) is 0 Å². The highest BCUT2D eigenvalue weighted by Gasteiger charge is 2.21. The summed E-state index contributed by atoms with van der Waals surface area (Å²) in [6.07, 6.45) is 3.80. The molecule has 2 saturated heterocycles. The molecule has 23 heavy (non-hydrogen) atoms. The quantitative estimate of drug-likeness (QED) is 0.874. The first-order valence-corrected chi connectivity index (χ1v) is 8.96. The molecule has 2 aliphatic rings. The minimum Gasteiger partial charge on any atom is -0.490 e. The first-order valence-electron chi connectivity index (χ1n) is 8.96. The van der Waals surface area contributed by atoms with Crippen LogP contribution in [-0.4, -0.2) is 50.4 Å². The van der Waals surface area contributed by atoms with Gasteiger partial charge >= 0.3 is 0 Å². The van der Waals surface area contributed by atoms with E-state index in [9.17, 15) is 0 Å². The number of nitrogens with zero attached hydrogens (tertiary/aromatic N) is 1. The Kier molecular flexibility index (Phi) is 5.92. The third kappa shape index (κ3) is 4.93. The van der Waals surface area contributed by atoms with Gasteiger partial charge in [-0.05, 0) is 56.8 Å². The Labute approximate surface area is 140 Å². The third-order valence-corrected chi connectivity index (χ3v) is 5.19. The lowest BCUT2D eigenvalue weighted by Gasteiger charge is -2.29. The van der Waals surface area contributed by atoms with E-state index in [0.717, 1.165) is 51.4 Å². The molecule has 2 atom stereocenters. The number of piperidine rings is 1. The van der Waals surface area contributed by atoms with Crippen LogP contribution in [0.5, 0.6) is 5.75 Å². The molecule has 128 valence electrons. The van der Waals surface area contributed by atoms with E-state index >= 15 is 0 Å². The van der Waals surface area contributed by atoms with Gasteiger partial charge in [-0.15, -0.1) is 0 Å². The molecule has 2 fully saturated rings. The molecule has 4 heteroatoms. The molecule has 0 saturated carbocycles. The minimum atomic E-state index is 0.373. The molecular formula is C19H30N2O2. The lowest BCUT2D eigenvalue weighted by Crippen LogP contribution is -2.35. The van der Waals surface area contributed by atoms with Crippen LogP contribution in [0.4, 0.5) is 0 Å². The molecule has 0 bridgehead atoms. The van der Waals surface area contributed by atoms with Gasteiger partial charge in [0.2, 0.25) is 0 Å². The molecule has 0 aliphatic carbocycles. The molecule has 0 unspecified atom stereocenters.